The van der Waals surface area contributed by atoms with Crippen LogP contribution in [0.4, 0.5) is 5.69 Å². The number of anilines is 1. The molecule has 1 aromatic heterocycles. The van der Waals surface area contributed by atoms with Gasteiger partial charge in [0.1, 0.15) is 17.6 Å². The summed E-state index contributed by atoms with van der Waals surface area (Å²) >= 11 is 0. The van der Waals surface area contributed by atoms with Crippen molar-refractivity contribution in [1.29, 1.82) is 0 Å². The first-order valence-electron chi connectivity index (χ1n) is 7.29. The van der Waals surface area contributed by atoms with E-state index in [9.17, 15) is 9.90 Å². The zero-order valence-corrected chi connectivity index (χ0v) is 12.4. The zero-order chi connectivity index (χ0) is 15.5. The number of nitrogens with one attached hydrogen (secondary N) is 1. The maximum absolute atomic E-state index is 12.2. The molecule has 0 saturated carbocycles. The summed E-state index contributed by atoms with van der Waals surface area (Å²) in [5.74, 6) is -0.176. The molecule has 1 fully saturated rings. The second-order valence-corrected chi connectivity index (χ2v) is 5.74. The highest BCUT2D eigenvalue weighted by Crippen LogP contribution is 2.27. The second-order valence-electron chi connectivity index (χ2n) is 5.74. The lowest BCUT2D eigenvalue weighted by Crippen LogP contribution is -2.24. The van der Waals surface area contributed by atoms with E-state index in [0.717, 1.165) is 12.1 Å². The van der Waals surface area contributed by atoms with Crippen molar-refractivity contribution in [2.45, 2.75) is 12.5 Å². The molecule has 0 radical (unpaired) electrons. The number of nitrogens with zero attached hydrogens (tertiary/aromatic N) is 2. The van der Waals surface area contributed by atoms with Gasteiger partial charge in [-0.15, -0.1) is 0 Å². The van der Waals surface area contributed by atoms with Gasteiger partial charge in [-0.05, 0) is 7.05 Å². The molecule has 2 aromatic rings. The van der Waals surface area contributed by atoms with Gasteiger partial charge in [0, 0.05) is 31.0 Å². The SMILES string of the molecule is CN1C[C@@H](CC(=O)Nc2conc2-c2ccccc2)[C@H](O)C1. The normalized spacial score (nSPS) is 21.9. The molecule has 3 rings (SSSR count). The molecule has 2 heterocycles. The molecule has 6 heteroatoms. The molecule has 0 bridgehead atoms. The van der Waals surface area contributed by atoms with Crippen LogP contribution in [0.2, 0.25) is 0 Å². The number of rotatable bonds is 4. The number of aliphatic hydroxyl groups is 1. The third kappa shape index (κ3) is 3.18. The molecule has 0 aliphatic carbocycles. The molecule has 22 heavy (non-hydrogen) atoms. The molecular formula is C16H19N3O3. The van der Waals surface area contributed by atoms with Gasteiger partial charge in [0.15, 0.2) is 0 Å². The summed E-state index contributed by atoms with van der Waals surface area (Å²) in [4.78, 5) is 14.2. The number of carbonyl (C=O) groups excluding carboxylic acids is 1. The largest absolute Gasteiger partial charge is 0.391 e. The van der Waals surface area contributed by atoms with Gasteiger partial charge in [-0.1, -0.05) is 35.5 Å². The minimum Gasteiger partial charge on any atom is -0.391 e. The first-order valence-corrected chi connectivity index (χ1v) is 7.29. The average molecular weight is 301 g/mol. The maximum Gasteiger partial charge on any atom is 0.224 e. The monoisotopic (exact) mass is 301 g/mol. The van der Waals surface area contributed by atoms with Gasteiger partial charge in [-0.25, -0.2) is 0 Å². The fourth-order valence-electron chi connectivity index (χ4n) is 2.83. The van der Waals surface area contributed by atoms with E-state index in [1.807, 2.05) is 42.3 Å². The van der Waals surface area contributed by atoms with Gasteiger partial charge >= 0.3 is 0 Å². The van der Waals surface area contributed by atoms with Gasteiger partial charge in [0.25, 0.3) is 0 Å². The van der Waals surface area contributed by atoms with E-state index in [0.29, 0.717) is 17.9 Å². The molecule has 1 amide bonds. The van der Waals surface area contributed by atoms with Crippen LogP contribution in [-0.2, 0) is 4.79 Å². The van der Waals surface area contributed by atoms with E-state index in [-0.39, 0.29) is 18.2 Å². The van der Waals surface area contributed by atoms with Crippen LogP contribution in [0.25, 0.3) is 11.3 Å². The van der Waals surface area contributed by atoms with Gasteiger partial charge in [-0.2, -0.15) is 0 Å². The number of likely N-dealkylation sites (N-methyl/N-ethyl adjacent to an activating group) is 1. The van der Waals surface area contributed by atoms with Crippen LogP contribution in [0.3, 0.4) is 0 Å². The third-order valence-corrected chi connectivity index (χ3v) is 3.93. The van der Waals surface area contributed by atoms with Crippen molar-refractivity contribution < 1.29 is 14.4 Å². The molecule has 2 atom stereocenters. The number of aliphatic hydroxyl groups excluding tert-OH is 1. The molecule has 1 saturated heterocycles. The highest BCUT2D eigenvalue weighted by atomic mass is 16.5. The van der Waals surface area contributed by atoms with Crippen molar-refractivity contribution in [3.05, 3.63) is 36.6 Å². The summed E-state index contributed by atoms with van der Waals surface area (Å²) in [6.07, 6.45) is 1.26. The quantitative estimate of drug-likeness (QED) is 0.896. The first-order chi connectivity index (χ1) is 10.6. The lowest BCUT2D eigenvalue weighted by Gasteiger charge is -2.12. The van der Waals surface area contributed by atoms with Crippen molar-refractivity contribution in [2.75, 3.05) is 25.5 Å². The number of amides is 1. The molecule has 2 N–H and O–H groups in total. The smallest absolute Gasteiger partial charge is 0.224 e. The van der Waals surface area contributed by atoms with Crippen LogP contribution >= 0.6 is 0 Å². The van der Waals surface area contributed by atoms with Gasteiger partial charge < -0.3 is 19.8 Å². The van der Waals surface area contributed by atoms with Crippen LogP contribution in [0.1, 0.15) is 6.42 Å². The lowest BCUT2D eigenvalue weighted by atomic mass is 10.0. The highest BCUT2D eigenvalue weighted by Gasteiger charge is 2.31. The van der Waals surface area contributed by atoms with E-state index in [2.05, 4.69) is 10.5 Å². The molecule has 1 aromatic carbocycles. The van der Waals surface area contributed by atoms with Crippen molar-refractivity contribution in [3.63, 3.8) is 0 Å². The fraction of sp³-hybridized carbons (Fsp3) is 0.375. The van der Waals surface area contributed by atoms with Crippen LogP contribution in [0.15, 0.2) is 41.1 Å². The van der Waals surface area contributed by atoms with E-state index in [1.54, 1.807) is 0 Å². The van der Waals surface area contributed by atoms with Crippen LogP contribution in [0, 0.1) is 5.92 Å². The number of likely N-dealkylation sites (tertiary alicyclic amines) is 1. The molecule has 0 spiro atoms. The summed E-state index contributed by atoms with van der Waals surface area (Å²) in [5.41, 5.74) is 2.04. The van der Waals surface area contributed by atoms with Gasteiger partial charge in [0.05, 0.1) is 6.10 Å². The fourth-order valence-corrected chi connectivity index (χ4v) is 2.83. The van der Waals surface area contributed by atoms with E-state index < -0.39 is 6.10 Å². The summed E-state index contributed by atoms with van der Waals surface area (Å²) in [6, 6.07) is 9.53. The number of β-amino-alcohol motifs (C(OH)–C–C–N with tert-alkyl or cyclic N) is 1. The lowest BCUT2D eigenvalue weighted by molar-refractivity contribution is -0.117. The van der Waals surface area contributed by atoms with Crippen molar-refractivity contribution in [3.8, 4) is 11.3 Å². The molecule has 116 valence electrons. The Morgan fingerprint density at radius 3 is 2.86 bits per heavy atom. The predicted octanol–water partition coefficient (Wildman–Crippen LogP) is 1.59. The van der Waals surface area contributed by atoms with Crippen molar-refractivity contribution >= 4 is 11.6 Å². The Kier molecular flexibility index (Phi) is 4.22. The predicted molar refractivity (Wildman–Crippen MR) is 82.2 cm³/mol. The molecule has 1 aliphatic heterocycles. The van der Waals surface area contributed by atoms with E-state index >= 15 is 0 Å². The molecule has 0 unspecified atom stereocenters. The maximum atomic E-state index is 12.2. The molecular weight excluding hydrogens is 282 g/mol. The number of hydrogen-bond donors (Lipinski definition) is 2. The number of aromatic nitrogens is 1. The molecule has 6 nitrogen and oxygen atoms in total. The Hall–Kier alpha value is -2.18. The van der Waals surface area contributed by atoms with E-state index in [1.165, 1.54) is 6.26 Å². The standard InChI is InChI=1S/C16H19N3O3/c1-19-8-12(14(20)9-19)7-15(21)17-13-10-22-18-16(13)11-5-3-2-4-6-11/h2-6,10,12,14,20H,7-9H2,1H3,(H,17,21)/t12-,14-/m1/s1. The Morgan fingerprint density at radius 2 is 2.18 bits per heavy atom. The van der Waals surface area contributed by atoms with Gasteiger partial charge in [-0.3, -0.25) is 4.79 Å². The van der Waals surface area contributed by atoms with Crippen molar-refractivity contribution in [1.82, 2.24) is 10.1 Å². The minimum absolute atomic E-state index is 0.0370. The number of carbonyl (C=O) groups is 1. The Morgan fingerprint density at radius 1 is 1.41 bits per heavy atom. The topological polar surface area (TPSA) is 78.6 Å². The third-order valence-electron chi connectivity index (χ3n) is 3.93. The summed E-state index contributed by atoms with van der Waals surface area (Å²) < 4.78 is 4.99. The summed E-state index contributed by atoms with van der Waals surface area (Å²) in [7, 11) is 1.94. The Bertz CT molecular complexity index is 641. The summed E-state index contributed by atoms with van der Waals surface area (Å²) in [5, 5.41) is 16.7. The van der Waals surface area contributed by atoms with Crippen LogP contribution < -0.4 is 5.32 Å². The second kappa shape index (κ2) is 6.29. The Balaban J connectivity index is 1.67. The highest BCUT2D eigenvalue weighted by molar-refractivity contribution is 5.94. The van der Waals surface area contributed by atoms with Crippen LogP contribution in [0.5, 0.6) is 0 Å². The molecule has 1 aliphatic rings. The van der Waals surface area contributed by atoms with Crippen molar-refractivity contribution in [2.24, 2.45) is 5.92 Å². The van der Waals surface area contributed by atoms with Gasteiger partial charge in [0.2, 0.25) is 5.91 Å². The first kappa shape index (κ1) is 14.7. The minimum atomic E-state index is -0.452. The number of benzene rings is 1. The Labute approximate surface area is 128 Å². The van der Waals surface area contributed by atoms with E-state index in [4.69, 9.17) is 4.52 Å². The average Bonchev–Trinajstić information content (AvgIpc) is 3.07. The number of hydrogen-bond acceptors (Lipinski definition) is 5. The van der Waals surface area contributed by atoms with Crippen LogP contribution in [-0.4, -0.2) is 47.3 Å². The zero-order valence-electron chi connectivity index (χ0n) is 12.4. The summed E-state index contributed by atoms with van der Waals surface area (Å²) in [6.45, 7) is 1.34.